The van der Waals surface area contributed by atoms with E-state index < -0.39 is 0 Å². The standard InChI is InChI=1S/C26H26N8O/c1-3-32-23(20-9-11-27-12-10-20)29-22-24(32)30-26(31-25(22)33-13-14-35-17-18(33)2)34-16-21(15-28-34)19-7-5-4-6-8-19/h4-12,15-16,18H,3,13-14,17H2,1-2H3. The average molecular weight is 467 g/mol. The number of fused-ring (bicyclic) bond motifs is 1. The molecule has 6 rings (SSSR count). The normalized spacial score (nSPS) is 16.2. The van der Waals surface area contributed by atoms with Gasteiger partial charge in [-0.25, -0.2) is 9.67 Å². The van der Waals surface area contributed by atoms with Crippen LogP contribution in [0.25, 0.3) is 39.6 Å². The van der Waals surface area contributed by atoms with Crippen LogP contribution in [0, 0.1) is 0 Å². The molecule has 0 N–H and O–H groups in total. The molecule has 0 spiro atoms. The molecule has 1 aromatic carbocycles. The Balaban J connectivity index is 1.55. The third kappa shape index (κ3) is 3.83. The summed E-state index contributed by atoms with van der Waals surface area (Å²) in [7, 11) is 0. The lowest BCUT2D eigenvalue weighted by Crippen LogP contribution is -2.44. The molecule has 9 nitrogen and oxygen atoms in total. The van der Waals surface area contributed by atoms with Crippen molar-refractivity contribution in [3.8, 4) is 28.5 Å². The van der Waals surface area contributed by atoms with Crippen LogP contribution in [-0.2, 0) is 11.3 Å². The molecule has 9 heteroatoms. The quantitative estimate of drug-likeness (QED) is 0.387. The SMILES string of the molecule is CCn1c(-c2ccncc2)nc2c(N3CCOCC3C)nc(-n3cc(-c4ccccc4)cn3)nc21. The topological polar surface area (TPSA) is 86.8 Å². The van der Waals surface area contributed by atoms with Crippen LogP contribution in [-0.4, -0.2) is 60.1 Å². The van der Waals surface area contributed by atoms with Crippen molar-refractivity contribution >= 4 is 17.0 Å². The Kier molecular flexibility index (Phi) is 5.46. The molecular weight excluding hydrogens is 440 g/mol. The highest BCUT2D eigenvalue weighted by atomic mass is 16.5. The zero-order chi connectivity index (χ0) is 23.8. The number of anilines is 1. The van der Waals surface area contributed by atoms with E-state index in [-0.39, 0.29) is 6.04 Å². The maximum atomic E-state index is 5.70. The maximum absolute atomic E-state index is 5.70. The second-order valence-corrected chi connectivity index (χ2v) is 8.59. The maximum Gasteiger partial charge on any atom is 0.254 e. The van der Waals surface area contributed by atoms with Crippen LogP contribution in [0.4, 0.5) is 5.82 Å². The number of hydrogen-bond acceptors (Lipinski definition) is 7. The Bertz CT molecular complexity index is 1460. The van der Waals surface area contributed by atoms with E-state index >= 15 is 0 Å². The van der Waals surface area contributed by atoms with Crippen molar-refractivity contribution in [2.75, 3.05) is 24.7 Å². The number of nitrogens with zero attached hydrogens (tertiary/aromatic N) is 8. The van der Waals surface area contributed by atoms with E-state index in [2.05, 4.69) is 45.5 Å². The molecule has 35 heavy (non-hydrogen) atoms. The number of benzene rings is 1. The molecule has 1 fully saturated rings. The molecule has 1 atom stereocenters. The number of hydrogen-bond donors (Lipinski definition) is 0. The van der Waals surface area contributed by atoms with Crippen molar-refractivity contribution in [2.24, 2.45) is 0 Å². The molecule has 5 aromatic rings. The van der Waals surface area contributed by atoms with Gasteiger partial charge in [0.1, 0.15) is 5.82 Å². The van der Waals surface area contributed by atoms with Gasteiger partial charge in [0, 0.05) is 42.8 Å². The van der Waals surface area contributed by atoms with Gasteiger partial charge in [-0.15, -0.1) is 0 Å². The summed E-state index contributed by atoms with van der Waals surface area (Å²) in [5, 5.41) is 4.61. The van der Waals surface area contributed by atoms with Gasteiger partial charge in [0.05, 0.1) is 25.5 Å². The summed E-state index contributed by atoms with van der Waals surface area (Å²) in [5.41, 5.74) is 4.67. The monoisotopic (exact) mass is 466 g/mol. The Morgan fingerprint density at radius 2 is 1.80 bits per heavy atom. The molecular formula is C26H26N8O. The molecule has 0 aliphatic carbocycles. The molecule has 1 aliphatic heterocycles. The molecule has 0 saturated carbocycles. The van der Waals surface area contributed by atoms with Gasteiger partial charge in [-0.1, -0.05) is 30.3 Å². The van der Waals surface area contributed by atoms with Crippen molar-refractivity contribution in [3.05, 3.63) is 67.3 Å². The van der Waals surface area contributed by atoms with Crippen LogP contribution in [0.5, 0.6) is 0 Å². The molecule has 5 heterocycles. The highest BCUT2D eigenvalue weighted by Crippen LogP contribution is 2.31. The van der Waals surface area contributed by atoms with Crippen molar-refractivity contribution in [3.63, 3.8) is 0 Å². The van der Waals surface area contributed by atoms with E-state index in [4.69, 9.17) is 19.7 Å². The Morgan fingerprint density at radius 3 is 2.57 bits per heavy atom. The largest absolute Gasteiger partial charge is 0.377 e. The third-order valence-electron chi connectivity index (χ3n) is 6.35. The summed E-state index contributed by atoms with van der Waals surface area (Å²) in [6.07, 6.45) is 7.39. The molecule has 1 unspecified atom stereocenters. The number of aryl methyl sites for hydroxylation is 1. The number of pyridine rings is 1. The van der Waals surface area contributed by atoms with E-state index in [1.54, 1.807) is 17.1 Å². The Hall–Kier alpha value is -4.11. The van der Waals surface area contributed by atoms with Crippen LogP contribution in [0.1, 0.15) is 13.8 Å². The van der Waals surface area contributed by atoms with E-state index in [1.165, 1.54) is 0 Å². The average Bonchev–Trinajstić information content (AvgIpc) is 3.55. The molecule has 4 aromatic heterocycles. The van der Waals surface area contributed by atoms with E-state index in [0.717, 1.165) is 52.6 Å². The van der Waals surface area contributed by atoms with Crippen molar-refractivity contribution in [1.82, 2.24) is 34.3 Å². The third-order valence-corrected chi connectivity index (χ3v) is 6.35. The second kappa shape index (κ2) is 8.92. The van der Waals surface area contributed by atoms with Crippen molar-refractivity contribution in [1.29, 1.82) is 0 Å². The van der Waals surface area contributed by atoms with Crippen molar-refractivity contribution in [2.45, 2.75) is 26.4 Å². The summed E-state index contributed by atoms with van der Waals surface area (Å²) < 4.78 is 9.57. The summed E-state index contributed by atoms with van der Waals surface area (Å²) in [4.78, 5) is 21.5. The minimum atomic E-state index is 0.170. The first-order valence-electron chi connectivity index (χ1n) is 11.9. The second-order valence-electron chi connectivity index (χ2n) is 8.59. The zero-order valence-electron chi connectivity index (χ0n) is 19.7. The van der Waals surface area contributed by atoms with Gasteiger partial charge in [0.25, 0.3) is 5.95 Å². The van der Waals surface area contributed by atoms with E-state index in [0.29, 0.717) is 19.2 Å². The van der Waals surface area contributed by atoms with Gasteiger partial charge in [-0.3, -0.25) is 4.98 Å². The lowest BCUT2D eigenvalue weighted by atomic mass is 10.1. The number of morpholine rings is 1. The number of aromatic nitrogens is 7. The van der Waals surface area contributed by atoms with Crippen LogP contribution >= 0.6 is 0 Å². The van der Waals surface area contributed by atoms with Crippen LogP contribution in [0.2, 0.25) is 0 Å². The smallest absolute Gasteiger partial charge is 0.254 e. The van der Waals surface area contributed by atoms with Gasteiger partial charge in [0.15, 0.2) is 17.0 Å². The minimum absolute atomic E-state index is 0.170. The van der Waals surface area contributed by atoms with Gasteiger partial charge >= 0.3 is 0 Å². The van der Waals surface area contributed by atoms with Crippen LogP contribution in [0.3, 0.4) is 0 Å². The molecule has 1 aliphatic rings. The van der Waals surface area contributed by atoms with Crippen LogP contribution < -0.4 is 4.90 Å². The predicted octanol–water partition coefficient (Wildman–Crippen LogP) is 3.99. The fourth-order valence-corrected chi connectivity index (χ4v) is 4.55. The predicted molar refractivity (Wildman–Crippen MR) is 134 cm³/mol. The number of ether oxygens (including phenoxy) is 1. The lowest BCUT2D eigenvalue weighted by molar-refractivity contribution is 0.0986. The summed E-state index contributed by atoms with van der Waals surface area (Å²) in [6, 6.07) is 14.3. The van der Waals surface area contributed by atoms with Crippen molar-refractivity contribution < 1.29 is 4.74 Å². The van der Waals surface area contributed by atoms with Gasteiger partial charge in [-0.05, 0) is 31.5 Å². The Morgan fingerprint density at radius 1 is 0.971 bits per heavy atom. The van der Waals surface area contributed by atoms with Gasteiger partial charge < -0.3 is 14.2 Å². The molecule has 0 amide bonds. The number of imidazole rings is 1. The zero-order valence-corrected chi connectivity index (χ0v) is 19.7. The highest BCUT2D eigenvalue weighted by Gasteiger charge is 2.27. The van der Waals surface area contributed by atoms with Gasteiger partial charge in [-0.2, -0.15) is 15.1 Å². The fraction of sp³-hybridized carbons (Fsp3) is 0.269. The Labute approximate surface area is 203 Å². The van der Waals surface area contributed by atoms with Crippen LogP contribution in [0.15, 0.2) is 67.3 Å². The highest BCUT2D eigenvalue weighted by molar-refractivity contribution is 5.88. The molecule has 176 valence electrons. The molecule has 0 bridgehead atoms. The first-order chi connectivity index (χ1) is 17.2. The van der Waals surface area contributed by atoms with E-state index in [1.807, 2.05) is 42.7 Å². The first kappa shape index (κ1) is 21.4. The molecule has 1 saturated heterocycles. The lowest BCUT2D eigenvalue weighted by Gasteiger charge is -2.34. The first-order valence-corrected chi connectivity index (χ1v) is 11.9. The molecule has 0 radical (unpaired) electrons. The van der Waals surface area contributed by atoms with Gasteiger partial charge in [0.2, 0.25) is 0 Å². The summed E-state index contributed by atoms with van der Waals surface area (Å²) in [6.45, 7) is 7.01. The fourth-order valence-electron chi connectivity index (χ4n) is 4.55. The summed E-state index contributed by atoms with van der Waals surface area (Å²) in [5.74, 6) is 2.17. The van der Waals surface area contributed by atoms with E-state index in [9.17, 15) is 0 Å². The summed E-state index contributed by atoms with van der Waals surface area (Å²) >= 11 is 0. The number of rotatable bonds is 5. The minimum Gasteiger partial charge on any atom is -0.377 e.